The number of benzene rings is 1. The van der Waals surface area contributed by atoms with E-state index < -0.39 is 0 Å². The molecule has 6 nitrogen and oxygen atoms in total. The van der Waals surface area contributed by atoms with Crippen molar-refractivity contribution >= 4 is 11.0 Å². The van der Waals surface area contributed by atoms with Crippen molar-refractivity contribution in [3.8, 4) is 0 Å². The molecule has 0 amide bonds. The molecule has 3 heterocycles. The standard InChI is InChI=1S/C15H17N5O/c1-10-7-20-14-11(3-2-4-12(14)18-15(20)21)8-19(10)9-13-16-5-6-17-13/h2-6,10H,7-9H2,1H3,(H,16,17)(H,18,21). The maximum absolute atomic E-state index is 12.1. The van der Waals surface area contributed by atoms with Gasteiger partial charge >= 0.3 is 5.69 Å². The summed E-state index contributed by atoms with van der Waals surface area (Å²) in [6, 6.07) is 6.32. The van der Waals surface area contributed by atoms with Crippen LogP contribution in [0.5, 0.6) is 0 Å². The maximum atomic E-state index is 12.1. The Kier molecular flexibility index (Phi) is 2.71. The fourth-order valence-corrected chi connectivity index (χ4v) is 3.14. The van der Waals surface area contributed by atoms with E-state index in [0.29, 0.717) is 6.54 Å². The molecule has 6 heteroatoms. The van der Waals surface area contributed by atoms with Crippen molar-refractivity contribution < 1.29 is 0 Å². The van der Waals surface area contributed by atoms with Crippen molar-refractivity contribution in [2.45, 2.75) is 32.6 Å². The van der Waals surface area contributed by atoms with Crippen LogP contribution in [0.25, 0.3) is 11.0 Å². The first-order valence-corrected chi connectivity index (χ1v) is 7.15. The number of aromatic nitrogens is 4. The number of hydrogen-bond donors (Lipinski definition) is 2. The van der Waals surface area contributed by atoms with Crippen LogP contribution in [-0.4, -0.2) is 30.5 Å². The van der Waals surface area contributed by atoms with Gasteiger partial charge in [0.2, 0.25) is 0 Å². The number of aromatic amines is 2. The highest BCUT2D eigenvalue weighted by Crippen LogP contribution is 2.24. The van der Waals surface area contributed by atoms with Crippen LogP contribution in [0.3, 0.4) is 0 Å². The van der Waals surface area contributed by atoms with Gasteiger partial charge in [0.15, 0.2) is 0 Å². The van der Waals surface area contributed by atoms with Crippen molar-refractivity contribution in [2.75, 3.05) is 0 Å². The Morgan fingerprint density at radius 1 is 1.43 bits per heavy atom. The summed E-state index contributed by atoms with van der Waals surface area (Å²) in [5.41, 5.74) is 3.12. The SMILES string of the molecule is CC1Cn2c(=O)[nH]c3cccc(c32)CN1Cc1ncc[nH]1. The topological polar surface area (TPSA) is 69.7 Å². The molecule has 0 aliphatic carbocycles. The Morgan fingerprint density at radius 3 is 3.14 bits per heavy atom. The number of para-hydroxylation sites is 1. The third kappa shape index (κ3) is 1.99. The lowest BCUT2D eigenvalue weighted by molar-refractivity contribution is 0.176. The second-order valence-electron chi connectivity index (χ2n) is 5.64. The molecule has 4 rings (SSSR count). The van der Waals surface area contributed by atoms with Crippen molar-refractivity contribution in [3.05, 3.63) is 52.5 Å². The fourth-order valence-electron chi connectivity index (χ4n) is 3.14. The molecular formula is C15H17N5O. The van der Waals surface area contributed by atoms with Crippen molar-refractivity contribution in [2.24, 2.45) is 0 Å². The molecule has 0 saturated carbocycles. The summed E-state index contributed by atoms with van der Waals surface area (Å²) in [5, 5.41) is 0. The number of imidazole rings is 2. The monoisotopic (exact) mass is 283 g/mol. The Morgan fingerprint density at radius 2 is 2.33 bits per heavy atom. The fraction of sp³-hybridized carbons (Fsp3) is 0.333. The molecule has 2 N–H and O–H groups in total. The van der Waals surface area contributed by atoms with E-state index in [9.17, 15) is 4.79 Å². The Bertz CT molecular complexity index is 829. The molecule has 0 fully saturated rings. The van der Waals surface area contributed by atoms with Crippen molar-refractivity contribution in [1.29, 1.82) is 0 Å². The smallest absolute Gasteiger partial charge is 0.326 e. The van der Waals surface area contributed by atoms with Gasteiger partial charge in [0.1, 0.15) is 5.82 Å². The van der Waals surface area contributed by atoms with Crippen LogP contribution >= 0.6 is 0 Å². The predicted molar refractivity (Wildman–Crippen MR) is 79.9 cm³/mol. The highest BCUT2D eigenvalue weighted by Gasteiger charge is 2.24. The van der Waals surface area contributed by atoms with Crippen LogP contribution < -0.4 is 5.69 Å². The van der Waals surface area contributed by atoms with Gasteiger partial charge in [-0.05, 0) is 18.6 Å². The van der Waals surface area contributed by atoms with Gasteiger partial charge in [-0.2, -0.15) is 0 Å². The average Bonchev–Trinajstić information content (AvgIpc) is 3.03. The van der Waals surface area contributed by atoms with Crippen LogP contribution in [-0.2, 0) is 19.6 Å². The quantitative estimate of drug-likeness (QED) is 0.748. The van der Waals surface area contributed by atoms with Gasteiger partial charge in [-0.1, -0.05) is 12.1 Å². The summed E-state index contributed by atoms with van der Waals surface area (Å²) in [5.74, 6) is 0.953. The first-order valence-electron chi connectivity index (χ1n) is 7.15. The van der Waals surface area contributed by atoms with Crippen molar-refractivity contribution in [1.82, 2.24) is 24.4 Å². The van der Waals surface area contributed by atoms with Gasteiger partial charge in [-0.25, -0.2) is 9.78 Å². The summed E-state index contributed by atoms with van der Waals surface area (Å²) in [6.07, 6.45) is 3.61. The molecule has 1 aliphatic rings. The van der Waals surface area contributed by atoms with Crippen LogP contribution in [0.1, 0.15) is 18.3 Å². The summed E-state index contributed by atoms with van der Waals surface area (Å²) in [7, 11) is 0. The molecule has 21 heavy (non-hydrogen) atoms. The number of hydrogen-bond acceptors (Lipinski definition) is 3. The zero-order valence-electron chi connectivity index (χ0n) is 11.8. The van der Waals surface area contributed by atoms with Gasteiger partial charge in [0.05, 0.1) is 17.6 Å². The maximum Gasteiger partial charge on any atom is 0.326 e. The lowest BCUT2D eigenvalue weighted by atomic mass is 10.1. The number of H-pyrrole nitrogens is 2. The molecule has 2 aromatic heterocycles. The number of nitrogens with zero attached hydrogens (tertiary/aromatic N) is 3. The Hall–Kier alpha value is -2.34. The molecule has 1 aromatic carbocycles. The van der Waals surface area contributed by atoms with Crippen molar-refractivity contribution in [3.63, 3.8) is 0 Å². The van der Waals surface area contributed by atoms with E-state index in [0.717, 1.165) is 29.9 Å². The first-order chi connectivity index (χ1) is 10.2. The molecule has 3 aromatic rings. The number of nitrogens with one attached hydrogen (secondary N) is 2. The van der Waals surface area contributed by atoms with Crippen LogP contribution in [0.15, 0.2) is 35.4 Å². The number of rotatable bonds is 2. The van der Waals surface area contributed by atoms with Gasteiger partial charge < -0.3 is 9.97 Å². The second kappa shape index (κ2) is 4.60. The largest absolute Gasteiger partial charge is 0.348 e. The first kappa shape index (κ1) is 12.4. The normalized spacial score (nSPS) is 19.0. The van der Waals surface area contributed by atoms with Crippen LogP contribution in [0, 0.1) is 0 Å². The molecule has 1 aliphatic heterocycles. The van der Waals surface area contributed by atoms with Gasteiger partial charge in [0.25, 0.3) is 0 Å². The lowest BCUT2D eigenvalue weighted by Crippen LogP contribution is -2.35. The second-order valence-corrected chi connectivity index (χ2v) is 5.64. The average molecular weight is 283 g/mol. The Balaban J connectivity index is 1.78. The van der Waals surface area contributed by atoms with E-state index >= 15 is 0 Å². The van der Waals surface area contributed by atoms with Crippen LogP contribution in [0.2, 0.25) is 0 Å². The zero-order valence-corrected chi connectivity index (χ0v) is 11.8. The van der Waals surface area contributed by atoms with Gasteiger partial charge in [-0.15, -0.1) is 0 Å². The molecule has 1 atom stereocenters. The minimum atomic E-state index is -0.0239. The summed E-state index contributed by atoms with van der Waals surface area (Å²) in [6.45, 7) is 4.42. The third-order valence-corrected chi connectivity index (χ3v) is 4.23. The van der Waals surface area contributed by atoms with E-state index in [1.165, 1.54) is 5.56 Å². The van der Waals surface area contributed by atoms with E-state index in [1.54, 1.807) is 6.20 Å². The van der Waals surface area contributed by atoms with E-state index in [1.807, 2.05) is 22.9 Å². The molecule has 0 saturated heterocycles. The van der Waals surface area contributed by atoms with E-state index in [4.69, 9.17) is 0 Å². The summed E-state index contributed by atoms with van der Waals surface area (Å²) in [4.78, 5) is 24.9. The summed E-state index contributed by atoms with van der Waals surface area (Å²) >= 11 is 0. The molecule has 108 valence electrons. The molecule has 1 unspecified atom stereocenters. The molecule has 0 radical (unpaired) electrons. The summed E-state index contributed by atoms with van der Waals surface area (Å²) < 4.78 is 1.86. The highest BCUT2D eigenvalue weighted by atomic mass is 16.1. The lowest BCUT2D eigenvalue weighted by Gasteiger charge is -2.26. The Labute approximate surface area is 121 Å². The minimum Gasteiger partial charge on any atom is -0.348 e. The third-order valence-electron chi connectivity index (χ3n) is 4.23. The van der Waals surface area contributed by atoms with Gasteiger partial charge in [-0.3, -0.25) is 9.47 Å². The molecular weight excluding hydrogens is 266 g/mol. The van der Waals surface area contributed by atoms with Crippen LogP contribution in [0.4, 0.5) is 0 Å². The predicted octanol–water partition coefficient (Wildman–Crippen LogP) is 1.46. The van der Waals surface area contributed by atoms with E-state index in [-0.39, 0.29) is 11.7 Å². The highest BCUT2D eigenvalue weighted by molar-refractivity contribution is 5.79. The minimum absolute atomic E-state index is 0.0239. The van der Waals surface area contributed by atoms with Gasteiger partial charge in [0, 0.05) is 31.5 Å². The molecule has 0 spiro atoms. The zero-order chi connectivity index (χ0) is 14.4. The molecule has 0 bridgehead atoms. The van der Waals surface area contributed by atoms with E-state index in [2.05, 4.69) is 32.8 Å².